The Hall–Kier alpha value is -4.41. The summed E-state index contributed by atoms with van der Waals surface area (Å²) in [6.45, 7) is 1.85. The highest BCUT2D eigenvalue weighted by atomic mass is 19.4. The number of nitrogens with one attached hydrogen (secondary N) is 2. The minimum atomic E-state index is -4.49. The van der Waals surface area contributed by atoms with Gasteiger partial charge >= 0.3 is 12.2 Å². The summed E-state index contributed by atoms with van der Waals surface area (Å²) in [5, 5.41) is 13.1. The molecule has 4 aromatic rings. The smallest absolute Gasteiger partial charge is 0.416 e. The maximum atomic E-state index is 12.8. The van der Waals surface area contributed by atoms with Crippen molar-refractivity contribution in [1.29, 1.82) is 0 Å². The topological polar surface area (TPSA) is 94.0 Å². The van der Waals surface area contributed by atoms with E-state index >= 15 is 0 Å². The zero-order chi connectivity index (χ0) is 23.4. The Morgan fingerprint density at radius 1 is 0.970 bits per heavy atom. The van der Waals surface area contributed by atoms with Crippen molar-refractivity contribution in [2.24, 2.45) is 0 Å². The molecule has 2 N–H and O–H groups in total. The van der Waals surface area contributed by atoms with E-state index in [0.29, 0.717) is 17.3 Å². The summed E-state index contributed by atoms with van der Waals surface area (Å²) in [4.78, 5) is 16.2. The van der Waals surface area contributed by atoms with Crippen LogP contribution >= 0.6 is 0 Å². The number of aryl methyl sites for hydroxylation is 1. The van der Waals surface area contributed by atoms with Crippen LogP contribution in [0.5, 0.6) is 11.6 Å². The van der Waals surface area contributed by atoms with Crippen molar-refractivity contribution >= 4 is 17.4 Å². The Bertz CT molecular complexity index is 1250. The number of nitrogens with zero attached hydrogens (tertiary/aromatic N) is 4. The van der Waals surface area contributed by atoms with Gasteiger partial charge in [0.1, 0.15) is 11.6 Å². The molecule has 0 saturated carbocycles. The number of ether oxygens (including phenoxy) is 1. The Labute approximate surface area is 186 Å². The summed E-state index contributed by atoms with van der Waals surface area (Å²) >= 11 is 0. The molecular formula is C22H17F3N6O2. The SMILES string of the molecule is Cc1nccn1-c1ccc(Oc2ccc(NC(=O)Nc3cccc(C(F)(F)F)c3)cc2)nn1. The Kier molecular flexibility index (Phi) is 5.94. The second-order valence-electron chi connectivity index (χ2n) is 6.86. The molecule has 33 heavy (non-hydrogen) atoms. The van der Waals surface area contributed by atoms with Crippen LogP contribution in [0.15, 0.2) is 73.1 Å². The predicted octanol–water partition coefficient (Wildman–Crippen LogP) is 5.43. The molecular weight excluding hydrogens is 437 g/mol. The molecule has 0 spiro atoms. The quantitative estimate of drug-likeness (QED) is 0.420. The second-order valence-corrected chi connectivity index (χ2v) is 6.86. The third-order valence-corrected chi connectivity index (χ3v) is 4.48. The minimum Gasteiger partial charge on any atom is -0.438 e. The van der Waals surface area contributed by atoms with Gasteiger partial charge in [-0.05, 0) is 55.5 Å². The third-order valence-electron chi connectivity index (χ3n) is 4.48. The van der Waals surface area contributed by atoms with Gasteiger partial charge < -0.3 is 15.4 Å². The van der Waals surface area contributed by atoms with E-state index in [4.69, 9.17) is 4.74 Å². The molecule has 4 rings (SSSR count). The number of anilines is 2. The first kappa shape index (κ1) is 21.8. The van der Waals surface area contributed by atoms with E-state index < -0.39 is 17.8 Å². The normalized spacial score (nSPS) is 11.2. The van der Waals surface area contributed by atoms with Gasteiger partial charge in [-0.2, -0.15) is 13.2 Å². The first-order valence-electron chi connectivity index (χ1n) is 9.65. The molecule has 0 bridgehead atoms. The first-order valence-corrected chi connectivity index (χ1v) is 9.65. The standard InChI is InChI=1S/C22H17F3N6O2/c1-14-26-11-12-31(14)19-9-10-20(30-29-19)33-18-7-5-16(6-8-18)27-21(32)28-17-4-2-3-15(13-17)22(23,24)25/h2-13H,1H3,(H2,27,28,32). The van der Waals surface area contributed by atoms with Gasteiger partial charge in [0.15, 0.2) is 5.82 Å². The molecule has 0 radical (unpaired) electrons. The molecule has 2 aromatic carbocycles. The molecule has 2 heterocycles. The number of carbonyl (C=O) groups excluding carboxylic acids is 1. The largest absolute Gasteiger partial charge is 0.438 e. The average Bonchev–Trinajstić information content (AvgIpc) is 3.21. The van der Waals surface area contributed by atoms with E-state index in [9.17, 15) is 18.0 Å². The molecule has 11 heteroatoms. The predicted molar refractivity (Wildman–Crippen MR) is 114 cm³/mol. The highest BCUT2D eigenvalue weighted by Gasteiger charge is 2.30. The van der Waals surface area contributed by atoms with E-state index in [-0.39, 0.29) is 11.6 Å². The fourth-order valence-electron chi connectivity index (χ4n) is 2.91. The number of carbonyl (C=O) groups is 1. The van der Waals surface area contributed by atoms with Gasteiger partial charge in [0.05, 0.1) is 5.56 Å². The lowest BCUT2D eigenvalue weighted by atomic mass is 10.2. The number of urea groups is 1. The monoisotopic (exact) mass is 454 g/mol. The Morgan fingerprint density at radius 3 is 2.36 bits per heavy atom. The number of imidazole rings is 1. The molecule has 2 aromatic heterocycles. The number of amides is 2. The van der Waals surface area contributed by atoms with Crippen LogP contribution in [0.2, 0.25) is 0 Å². The lowest BCUT2D eigenvalue weighted by Crippen LogP contribution is -2.19. The molecule has 2 amide bonds. The summed E-state index contributed by atoms with van der Waals surface area (Å²) in [5.74, 6) is 2.11. The number of benzene rings is 2. The van der Waals surface area contributed by atoms with Crippen molar-refractivity contribution in [3.8, 4) is 17.4 Å². The van der Waals surface area contributed by atoms with Crippen LogP contribution in [0.3, 0.4) is 0 Å². The molecule has 0 unspecified atom stereocenters. The molecule has 0 atom stereocenters. The van der Waals surface area contributed by atoms with Crippen molar-refractivity contribution < 1.29 is 22.7 Å². The molecule has 0 aliphatic rings. The van der Waals surface area contributed by atoms with Gasteiger partial charge in [-0.15, -0.1) is 10.2 Å². The molecule has 0 saturated heterocycles. The zero-order valence-electron chi connectivity index (χ0n) is 17.2. The fraction of sp³-hybridized carbons (Fsp3) is 0.0909. The van der Waals surface area contributed by atoms with Crippen LogP contribution in [0.25, 0.3) is 5.82 Å². The van der Waals surface area contributed by atoms with Crippen LogP contribution in [0.4, 0.5) is 29.3 Å². The number of rotatable bonds is 5. The maximum Gasteiger partial charge on any atom is 0.416 e. The molecule has 8 nitrogen and oxygen atoms in total. The van der Waals surface area contributed by atoms with E-state index in [1.54, 1.807) is 53.4 Å². The summed E-state index contributed by atoms with van der Waals surface area (Å²) in [6, 6.07) is 13.5. The third kappa shape index (κ3) is 5.45. The van der Waals surface area contributed by atoms with Crippen molar-refractivity contribution in [3.05, 3.63) is 84.4 Å². The fourth-order valence-corrected chi connectivity index (χ4v) is 2.91. The van der Waals surface area contributed by atoms with E-state index in [1.165, 1.54) is 12.1 Å². The lowest BCUT2D eigenvalue weighted by Gasteiger charge is -2.11. The number of aromatic nitrogens is 4. The summed E-state index contributed by atoms with van der Waals surface area (Å²) in [5.41, 5.74) is -0.405. The first-order chi connectivity index (χ1) is 15.8. The van der Waals surface area contributed by atoms with Gasteiger partial charge in [0.2, 0.25) is 5.88 Å². The summed E-state index contributed by atoms with van der Waals surface area (Å²) in [7, 11) is 0. The number of halogens is 3. The Balaban J connectivity index is 1.35. The Morgan fingerprint density at radius 2 is 1.73 bits per heavy atom. The highest BCUT2D eigenvalue weighted by Crippen LogP contribution is 2.30. The van der Waals surface area contributed by atoms with Crippen LogP contribution in [-0.4, -0.2) is 25.8 Å². The lowest BCUT2D eigenvalue weighted by molar-refractivity contribution is -0.137. The van der Waals surface area contributed by atoms with Crippen LogP contribution < -0.4 is 15.4 Å². The number of hydrogen-bond acceptors (Lipinski definition) is 5. The molecule has 0 fully saturated rings. The van der Waals surface area contributed by atoms with Crippen molar-refractivity contribution in [2.75, 3.05) is 10.6 Å². The van der Waals surface area contributed by atoms with Crippen molar-refractivity contribution in [3.63, 3.8) is 0 Å². The van der Waals surface area contributed by atoms with Gasteiger partial charge in [0.25, 0.3) is 0 Å². The van der Waals surface area contributed by atoms with Crippen molar-refractivity contribution in [2.45, 2.75) is 13.1 Å². The van der Waals surface area contributed by atoms with Crippen LogP contribution in [-0.2, 0) is 6.18 Å². The molecule has 168 valence electrons. The van der Waals surface area contributed by atoms with Gasteiger partial charge in [0, 0.05) is 29.8 Å². The van der Waals surface area contributed by atoms with E-state index in [0.717, 1.165) is 18.0 Å². The van der Waals surface area contributed by atoms with E-state index in [1.807, 2.05) is 6.92 Å². The molecule has 0 aliphatic heterocycles. The van der Waals surface area contributed by atoms with Crippen LogP contribution in [0, 0.1) is 6.92 Å². The van der Waals surface area contributed by atoms with E-state index in [2.05, 4.69) is 25.8 Å². The van der Waals surface area contributed by atoms with Gasteiger partial charge in [-0.25, -0.2) is 9.78 Å². The van der Waals surface area contributed by atoms with Crippen molar-refractivity contribution in [1.82, 2.24) is 19.7 Å². The zero-order valence-corrected chi connectivity index (χ0v) is 17.2. The number of alkyl halides is 3. The maximum absolute atomic E-state index is 12.8. The second kappa shape index (κ2) is 8.99. The minimum absolute atomic E-state index is 0.0233. The van der Waals surface area contributed by atoms with Gasteiger partial charge in [-0.1, -0.05) is 6.07 Å². The summed E-state index contributed by atoms with van der Waals surface area (Å²) in [6.07, 6.45) is -1.06. The average molecular weight is 454 g/mol. The highest BCUT2D eigenvalue weighted by molar-refractivity contribution is 5.99. The number of hydrogen-bond donors (Lipinski definition) is 2. The van der Waals surface area contributed by atoms with Crippen LogP contribution in [0.1, 0.15) is 11.4 Å². The summed E-state index contributed by atoms with van der Waals surface area (Å²) < 4.78 is 45.8. The molecule has 0 aliphatic carbocycles. The van der Waals surface area contributed by atoms with Gasteiger partial charge in [-0.3, -0.25) is 4.57 Å².